The van der Waals surface area contributed by atoms with Crippen molar-refractivity contribution in [1.82, 2.24) is 10.6 Å². The lowest BCUT2D eigenvalue weighted by molar-refractivity contribution is -0.118. The Morgan fingerprint density at radius 3 is 2.69 bits per heavy atom. The Morgan fingerprint density at radius 2 is 2.03 bits per heavy atom. The fourth-order valence-electron chi connectivity index (χ4n) is 2.95. The van der Waals surface area contributed by atoms with Crippen LogP contribution in [0.4, 0.5) is 0 Å². The highest BCUT2D eigenvalue weighted by atomic mass is 16.5. The lowest BCUT2D eigenvalue weighted by Gasteiger charge is -2.14. The minimum Gasteiger partial charge on any atom is -0.493 e. The largest absolute Gasteiger partial charge is 0.493 e. The first kappa shape index (κ1) is 20.5. The Labute approximate surface area is 168 Å². The topological polar surface area (TPSA) is 99.0 Å². The first-order valence-corrected chi connectivity index (χ1v) is 9.29. The van der Waals surface area contributed by atoms with E-state index >= 15 is 0 Å². The molecule has 2 heterocycles. The molecule has 29 heavy (non-hydrogen) atoms. The van der Waals surface area contributed by atoms with Crippen molar-refractivity contribution in [3.05, 3.63) is 53.6 Å². The molecule has 1 saturated heterocycles. The average Bonchev–Trinajstić information content (AvgIpc) is 3.45. The molecule has 0 spiro atoms. The second kappa shape index (κ2) is 9.79. The fraction of sp³-hybridized carbons (Fsp3) is 0.333. The van der Waals surface area contributed by atoms with E-state index in [1.54, 1.807) is 30.3 Å². The van der Waals surface area contributed by atoms with Gasteiger partial charge in [0.25, 0.3) is 11.8 Å². The smallest absolute Gasteiger partial charge is 0.268 e. The van der Waals surface area contributed by atoms with Crippen molar-refractivity contribution >= 4 is 17.9 Å². The minimum atomic E-state index is -0.462. The molecule has 154 valence electrons. The van der Waals surface area contributed by atoms with Crippen LogP contribution in [-0.4, -0.2) is 45.3 Å². The molecule has 0 unspecified atom stereocenters. The van der Waals surface area contributed by atoms with Gasteiger partial charge in [0.2, 0.25) is 0 Å². The molecule has 2 amide bonds. The van der Waals surface area contributed by atoms with Crippen molar-refractivity contribution in [3.8, 4) is 11.5 Å². The van der Waals surface area contributed by atoms with E-state index in [0.29, 0.717) is 36.0 Å². The van der Waals surface area contributed by atoms with Gasteiger partial charge in [-0.05, 0) is 43.2 Å². The molecule has 0 aliphatic carbocycles. The van der Waals surface area contributed by atoms with Crippen LogP contribution in [0.3, 0.4) is 0 Å². The Morgan fingerprint density at radius 1 is 1.21 bits per heavy atom. The van der Waals surface area contributed by atoms with Crippen LogP contribution < -0.4 is 20.1 Å². The number of nitrogens with one attached hydrogen (secondary N) is 2. The summed E-state index contributed by atoms with van der Waals surface area (Å²) in [7, 11) is 3.00. The van der Waals surface area contributed by atoms with Crippen LogP contribution in [0.15, 0.2) is 46.7 Å². The average molecular weight is 400 g/mol. The van der Waals surface area contributed by atoms with Crippen LogP contribution in [0, 0.1) is 0 Å². The van der Waals surface area contributed by atoms with Crippen molar-refractivity contribution in [2.45, 2.75) is 18.9 Å². The summed E-state index contributed by atoms with van der Waals surface area (Å²) in [5.41, 5.74) is 0.387. The zero-order chi connectivity index (χ0) is 20.6. The van der Waals surface area contributed by atoms with Crippen LogP contribution in [0.25, 0.3) is 6.08 Å². The predicted molar refractivity (Wildman–Crippen MR) is 106 cm³/mol. The number of furan rings is 1. The minimum absolute atomic E-state index is 0.00892. The SMILES string of the molecule is COc1ccc(C(=O)N/C(=C\c2ccco2)C(=O)NC[C@H]2CCCO2)cc1OC. The van der Waals surface area contributed by atoms with Crippen molar-refractivity contribution in [3.63, 3.8) is 0 Å². The van der Waals surface area contributed by atoms with Crippen molar-refractivity contribution < 1.29 is 28.2 Å². The molecule has 3 rings (SSSR count). The molecule has 8 nitrogen and oxygen atoms in total. The van der Waals surface area contributed by atoms with E-state index in [1.165, 1.54) is 26.6 Å². The molecule has 0 radical (unpaired) electrons. The van der Waals surface area contributed by atoms with Gasteiger partial charge in [0.1, 0.15) is 11.5 Å². The van der Waals surface area contributed by atoms with Gasteiger partial charge < -0.3 is 29.3 Å². The summed E-state index contributed by atoms with van der Waals surface area (Å²) >= 11 is 0. The van der Waals surface area contributed by atoms with Crippen molar-refractivity contribution in [2.75, 3.05) is 27.4 Å². The second-order valence-corrected chi connectivity index (χ2v) is 6.44. The van der Waals surface area contributed by atoms with Gasteiger partial charge in [0, 0.05) is 24.8 Å². The molecule has 1 aromatic heterocycles. The number of hydrogen-bond acceptors (Lipinski definition) is 6. The zero-order valence-electron chi connectivity index (χ0n) is 16.4. The molecular weight excluding hydrogens is 376 g/mol. The van der Waals surface area contributed by atoms with Crippen LogP contribution >= 0.6 is 0 Å². The van der Waals surface area contributed by atoms with Gasteiger partial charge in [-0.3, -0.25) is 9.59 Å². The molecular formula is C21H24N2O6. The standard InChI is InChI=1S/C21H24N2O6/c1-26-18-8-7-14(11-19(18)27-2)20(24)23-17(12-15-5-3-9-28-15)21(25)22-13-16-6-4-10-29-16/h3,5,7-9,11-12,16H,4,6,10,13H2,1-2H3,(H,22,25)(H,23,24)/b17-12-/t16-/m1/s1. The summed E-state index contributed by atoms with van der Waals surface area (Å²) < 4.78 is 21.2. The molecule has 2 N–H and O–H groups in total. The van der Waals surface area contributed by atoms with Gasteiger partial charge >= 0.3 is 0 Å². The monoisotopic (exact) mass is 400 g/mol. The molecule has 0 saturated carbocycles. The maximum atomic E-state index is 12.7. The van der Waals surface area contributed by atoms with E-state index < -0.39 is 11.8 Å². The summed E-state index contributed by atoms with van der Waals surface area (Å²) in [6.07, 6.45) is 4.83. The Hall–Kier alpha value is -3.26. The van der Waals surface area contributed by atoms with Gasteiger partial charge in [0.15, 0.2) is 11.5 Å². The van der Waals surface area contributed by atoms with Crippen LogP contribution in [0.5, 0.6) is 11.5 Å². The van der Waals surface area contributed by atoms with Crippen molar-refractivity contribution in [1.29, 1.82) is 0 Å². The quantitative estimate of drug-likeness (QED) is 0.660. The highest BCUT2D eigenvalue weighted by Gasteiger charge is 2.20. The van der Waals surface area contributed by atoms with E-state index in [4.69, 9.17) is 18.6 Å². The molecule has 0 bridgehead atoms. The molecule has 1 aliphatic rings. The first-order chi connectivity index (χ1) is 14.1. The lowest BCUT2D eigenvalue weighted by atomic mass is 10.1. The highest BCUT2D eigenvalue weighted by molar-refractivity contribution is 6.05. The first-order valence-electron chi connectivity index (χ1n) is 9.29. The fourth-order valence-corrected chi connectivity index (χ4v) is 2.95. The summed E-state index contributed by atoms with van der Waals surface area (Å²) in [6, 6.07) is 8.15. The molecule has 1 aliphatic heterocycles. The third-order valence-corrected chi connectivity index (χ3v) is 4.48. The molecule has 1 fully saturated rings. The number of benzene rings is 1. The maximum absolute atomic E-state index is 12.7. The van der Waals surface area contributed by atoms with Gasteiger partial charge in [0.05, 0.1) is 26.6 Å². The maximum Gasteiger partial charge on any atom is 0.268 e. The summed E-state index contributed by atoms with van der Waals surface area (Å²) in [6.45, 7) is 1.08. The van der Waals surface area contributed by atoms with Gasteiger partial charge in [-0.1, -0.05) is 0 Å². The van der Waals surface area contributed by atoms with Crippen molar-refractivity contribution in [2.24, 2.45) is 0 Å². The summed E-state index contributed by atoms with van der Waals surface area (Å²) in [5, 5.41) is 5.45. The summed E-state index contributed by atoms with van der Waals surface area (Å²) in [5.74, 6) is 0.478. The highest BCUT2D eigenvalue weighted by Crippen LogP contribution is 2.27. The van der Waals surface area contributed by atoms with Crippen LogP contribution in [0.1, 0.15) is 29.0 Å². The number of methoxy groups -OCH3 is 2. The van der Waals surface area contributed by atoms with Crippen LogP contribution in [0.2, 0.25) is 0 Å². The molecule has 2 aromatic rings. The molecule has 8 heteroatoms. The molecule has 1 aromatic carbocycles. The number of carbonyl (C=O) groups excluding carboxylic acids is 2. The zero-order valence-corrected chi connectivity index (χ0v) is 16.4. The van der Waals surface area contributed by atoms with E-state index in [9.17, 15) is 9.59 Å². The summed E-state index contributed by atoms with van der Waals surface area (Å²) in [4.78, 5) is 25.4. The Balaban J connectivity index is 1.75. The van der Waals surface area contributed by atoms with Gasteiger partial charge in [-0.2, -0.15) is 0 Å². The van der Waals surface area contributed by atoms with E-state index in [0.717, 1.165) is 12.8 Å². The third-order valence-electron chi connectivity index (χ3n) is 4.48. The van der Waals surface area contributed by atoms with Gasteiger partial charge in [-0.25, -0.2) is 0 Å². The van der Waals surface area contributed by atoms with E-state index in [-0.39, 0.29) is 11.8 Å². The third kappa shape index (κ3) is 5.39. The predicted octanol–water partition coefficient (Wildman–Crippen LogP) is 2.36. The van der Waals surface area contributed by atoms with E-state index in [1.807, 2.05) is 0 Å². The number of rotatable bonds is 8. The number of ether oxygens (including phenoxy) is 3. The second-order valence-electron chi connectivity index (χ2n) is 6.44. The lowest BCUT2D eigenvalue weighted by Crippen LogP contribution is -2.38. The number of hydrogen-bond donors (Lipinski definition) is 2. The van der Waals surface area contributed by atoms with Gasteiger partial charge in [-0.15, -0.1) is 0 Å². The molecule has 1 atom stereocenters. The Bertz CT molecular complexity index is 869. The number of carbonyl (C=O) groups is 2. The van der Waals surface area contributed by atoms with E-state index in [2.05, 4.69) is 10.6 Å². The number of amides is 2. The van der Waals surface area contributed by atoms with Crippen LogP contribution in [-0.2, 0) is 9.53 Å². The Kier molecular flexibility index (Phi) is 6.91. The normalized spacial score (nSPS) is 16.3.